The van der Waals surface area contributed by atoms with Gasteiger partial charge in [-0.15, -0.1) is 0 Å². The van der Waals surface area contributed by atoms with Gasteiger partial charge in [0.05, 0.1) is 0 Å². The molecule has 0 heterocycles. The van der Waals surface area contributed by atoms with Crippen LogP contribution in [-0.2, 0) is 0 Å². The van der Waals surface area contributed by atoms with Crippen LogP contribution >= 0.6 is 0 Å². The quantitative estimate of drug-likeness (QED) is 0.198. The van der Waals surface area contributed by atoms with E-state index >= 15 is 0 Å². The summed E-state index contributed by atoms with van der Waals surface area (Å²) < 4.78 is 0. The Morgan fingerprint density at radius 3 is 1.19 bits per heavy atom. The molecule has 0 nitrogen and oxygen atoms in total. The lowest BCUT2D eigenvalue weighted by molar-refractivity contribution is 1.60. The monoisotopic (exact) mass is 532 g/mol. The third kappa shape index (κ3) is 4.00. The van der Waals surface area contributed by atoms with E-state index in [1.165, 1.54) is 76.8 Å². The van der Waals surface area contributed by atoms with Crippen molar-refractivity contribution < 1.29 is 0 Å². The van der Waals surface area contributed by atoms with Gasteiger partial charge in [0.1, 0.15) is 0 Å². The molecule has 8 rings (SSSR count). The highest BCUT2D eigenvalue weighted by Gasteiger charge is 2.20. The Balaban J connectivity index is 1.46. The Morgan fingerprint density at radius 1 is 0.238 bits per heavy atom. The average Bonchev–Trinajstić information content (AvgIpc) is 3.07. The van der Waals surface area contributed by atoms with Crippen LogP contribution in [0, 0.1) is 0 Å². The minimum Gasteiger partial charge on any atom is -0.0622 e. The van der Waals surface area contributed by atoms with Crippen molar-refractivity contribution in [3.63, 3.8) is 0 Å². The van der Waals surface area contributed by atoms with Crippen molar-refractivity contribution in [2.75, 3.05) is 0 Å². The van der Waals surface area contributed by atoms with Gasteiger partial charge in [-0.2, -0.15) is 0 Å². The van der Waals surface area contributed by atoms with Gasteiger partial charge in [0.25, 0.3) is 0 Å². The van der Waals surface area contributed by atoms with Crippen LogP contribution in [0.15, 0.2) is 170 Å². The van der Waals surface area contributed by atoms with E-state index in [1.54, 1.807) is 0 Å². The maximum Gasteiger partial charge on any atom is -0.00201 e. The van der Waals surface area contributed by atoms with Gasteiger partial charge in [0.2, 0.25) is 0 Å². The summed E-state index contributed by atoms with van der Waals surface area (Å²) in [4.78, 5) is 0. The summed E-state index contributed by atoms with van der Waals surface area (Å²) >= 11 is 0. The highest BCUT2D eigenvalue weighted by molar-refractivity contribution is 6.23. The van der Waals surface area contributed by atoms with Gasteiger partial charge in [0.15, 0.2) is 0 Å². The summed E-state index contributed by atoms with van der Waals surface area (Å²) in [5, 5.41) is 7.58. The lowest BCUT2D eigenvalue weighted by Crippen LogP contribution is -1.94. The molecular formula is C42H28. The van der Waals surface area contributed by atoms with Crippen molar-refractivity contribution in [2.45, 2.75) is 0 Å². The lowest BCUT2D eigenvalue weighted by atomic mass is 9.82. The van der Waals surface area contributed by atoms with Gasteiger partial charge in [0, 0.05) is 0 Å². The summed E-state index contributed by atoms with van der Waals surface area (Å²) in [5.41, 5.74) is 10.0. The standard InChI is InChI=1S/C42H28/c1-2-15-30(16-3-1)33-18-6-8-20-35(33)41-37-22-10-12-24-39(37)42(40-25-13-11-23-38(40)41)36-21-9-7-19-34(36)32-27-26-29-14-4-5-17-31(29)28-32/h1-28H. The zero-order valence-electron chi connectivity index (χ0n) is 23.2. The second kappa shape index (κ2) is 10.2. The van der Waals surface area contributed by atoms with Crippen molar-refractivity contribution in [3.05, 3.63) is 170 Å². The summed E-state index contributed by atoms with van der Waals surface area (Å²) in [6.07, 6.45) is 0. The van der Waals surface area contributed by atoms with Crippen LogP contribution in [-0.4, -0.2) is 0 Å². The Bertz CT molecular complexity index is 2180. The molecule has 0 aromatic heterocycles. The molecule has 0 aliphatic heterocycles. The van der Waals surface area contributed by atoms with E-state index in [2.05, 4.69) is 170 Å². The highest BCUT2D eigenvalue weighted by Crippen LogP contribution is 2.47. The van der Waals surface area contributed by atoms with Crippen molar-refractivity contribution >= 4 is 32.3 Å². The third-order valence-corrected chi connectivity index (χ3v) is 8.47. The normalized spacial score (nSPS) is 11.3. The molecule has 0 aliphatic carbocycles. The molecular weight excluding hydrogens is 504 g/mol. The minimum atomic E-state index is 1.23. The Kier molecular flexibility index (Phi) is 5.90. The molecule has 0 fully saturated rings. The molecule has 196 valence electrons. The van der Waals surface area contributed by atoms with Gasteiger partial charge in [-0.05, 0) is 82.9 Å². The van der Waals surface area contributed by atoms with Gasteiger partial charge in [-0.25, -0.2) is 0 Å². The first-order chi connectivity index (χ1) is 20.9. The second-order valence-corrected chi connectivity index (χ2v) is 10.9. The second-order valence-electron chi connectivity index (χ2n) is 10.9. The van der Waals surface area contributed by atoms with Crippen LogP contribution in [0.4, 0.5) is 0 Å². The number of hydrogen-bond donors (Lipinski definition) is 0. The van der Waals surface area contributed by atoms with Crippen LogP contribution in [0.3, 0.4) is 0 Å². The fourth-order valence-corrected chi connectivity index (χ4v) is 6.59. The number of hydrogen-bond acceptors (Lipinski definition) is 0. The largest absolute Gasteiger partial charge is 0.0622 e. The van der Waals surface area contributed by atoms with Crippen molar-refractivity contribution in [1.29, 1.82) is 0 Å². The van der Waals surface area contributed by atoms with Crippen LogP contribution in [0.1, 0.15) is 0 Å². The molecule has 0 unspecified atom stereocenters. The van der Waals surface area contributed by atoms with Crippen molar-refractivity contribution in [2.24, 2.45) is 0 Å². The van der Waals surface area contributed by atoms with E-state index < -0.39 is 0 Å². The summed E-state index contributed by atoms with van der Waals surface area (Å²) in [6.45, 7) is 0. The zero-order chi connectivity index (χ0) is 27.9. The van der Waals surface area contributed by atoms with Crippen LogP contribution in [0.2, 0.25) is 0 Å². The average molecular weight is 533 g/mol. The SMILES string of the molecule is c1ccc(-c2ccccc2-c2c3ccccc3c(-c3ccccc3-c3ccc4ccccc4c3)c3ccccc23)cc1. The van der Waals surface area contributed by atoms with Crippen molar-refractivity contribution in [1.82, 2.24) is 0 Å². The molecule has 42 heavy (non-hydrogen) atoms. The third-order valence-electron chi connectivity index (χ3n) is 8.47. The zero-order valence-corrected chi connectivity index (χ0v) is 23.2. The van der Waals surface area contributed by atoms with E-state index in [4.69, 9.17) is 0 Å². The molecule has 0 saturated heterocycles. The number of fused-ring (bicyclic) bond motifs is 3. The van der Waals surface area contributed by atoms with Gasteiger partial charge in [-0.3, -0.25) is 0 Å². The summed E-state index contributed by atoms with van der Waals surface area (Å²) in [6, 6.07) is 61.7. The maximum absolute atomic E-state index is 2.32. The summed E-state index contributed by atoms with van der Waals surface area (Å²) in [7, 11) is 0. The minimum absolute atomic E-state index is 1.23. The topological polar surface area (TPSA) is 0 Å². The van der Waals surface area contributed by atoms with E-state index in [0.29, 0.717) is 0 Å². The lowest BCUT2D eigenvalue weighted by Gasteiger charge is -2.21. The van der Waals surface area contributed by atoms with Crippen LogP contribution in [0.25, 0.3) is 76.8 Å². The van der Waals surface area contributed by atoms with E-state index in [1.807, 2.05) is 0 Å². The first kappa shape index (κ1) is 24.3. The number of rotatable bonds is 4. The molecule has 0 radical (unpaired) electrons. The molecule has 8 aromatic carbocycles. The van der Waals surface area contributed by atoms with Gasteiger partial charge >= 0.3 is 0 Å². The molecule has 8 aromatic rings. The predicted octanol–water partition coefficient (Wildman–Crippen LogP) is 11.8. The van der Waals surface area contributed by atoms with Crippen molar-refractivity contribution in [3.8, 4) is 44.5 Å². The van der Waals surface area contributed by atoms with E-state index in [9.17, 15) is 0 Å². The molecule has 0 amide bonds. The fraction of sp³-hybridized carbons (Fsp3) is 0. The fourth-order valence-electron chi connectivity index (χ4n) is 6.59. The molecule has 0 heteroatoms. The molecule has 0 aliphatic rings. The smallest absolute Gasteiger partial charge is 0.00201 e. The van der Waals surface area contributed by atoms with E-state index in [-0.39, 0.29) is 0 Å². The highest BCUT2D eigenvalue weighted by atomic mass is 14.2. The Labute approximate surface area is 246 Å². The Morgan fingerprint density at radius 2 is 0.643 bits per heavy atom. The van der Waals surface area contributed by atoms with Crippen LogP contribution < -0.4 is 0 Å². The van der Waals surface area contributed by atoms with Gasteiger partial charge in [-0.1, -0.05) is 164 Å². The van der Waals surface area contributed by atoms with Crippen LogP contribution in [0.5, 0.6) is 0 Å². The molecule has 0 bridgehead atoms. The predicted molar refractivity (Wildman–Crippen MR) is 181 cm³/mol. The van der Waals surface area contributed by atoms with Gasteiger partial charge < -0.3 is 0 Å². The first-order valence-electron chi connectivity index (χ1n) is 14.5. The van der Waals surface area contributed by atoms with E-state index in [0.717, 1.165) is 0 Å². The maximum atomic E-state index is 2.32. The number of benzene rings is 8. The molecule has 0 saturated carbocycles. The molecule has 0 spiro atoms. The molecule has 0 atom stereocenters. The molecule has 0 N–H and O–H groups in total. The Hall–Kier alpha value is -5.46. The summed E-state index contributed by atoms with van der Waals surface area (Å²) in [5.74, 6) is 0. The first-order valence-corrected chi connectivity index (χ1v) is 14.5.